The molecule has 13 heavy (non-hydrogen) atoms. The second-order valence-corrected chi connectivity index (χ2v) is 3.52. The van der Waals surface area contributed by atoms with Crippen molar-refractivity contribution in [2.75, 3.05) is 19.6 Å². The van der Waals surface area contributed by atoms with Gasteiger partial charge in [0, 0.05) is 25.8 Å². The van der Waals surface area contributed by atoms with Gasteiger partial charge in [-0.3, -0.25) is 0 Å². The van der Waals surface area contributed by atoms with E-state index in [1.165, 1.54) is 25.8 Å². The quantitative estimate of drug-likeness (QED) is 0.581. The maximum Gasteiger partial charge on any atom is 0.0379 e. The van der Waals surface area contributed by atoms with Crippen LogP contribution in [-0.4, -0.2) is 29.7 Å². The van der Waals surface area contributed by atoms with E-state index in [1.54, 1.807) is 0 Å². The van der Waals surface area contributed by atoms with Crippen molar-refractivity contribution in [3.63, 3.8) is 0 Å². The molecular formula is C11H21N2. The Hall–Kier alpha value is -0.500. The summed E-state index contributed by atoms with van der Waals surface area (Å²) in [5, 5.41) is 4.75. The molecule has 0 saturated carbocycles. The summed E-state index contributed by atoms with van der Waals surface area (Å²) in [7, 11) is 0. The second kappa shape index (κ2) is 6.03. The Morgan fingerprint density at radius 3 is 2.85 bits per heavy atom. The van der Waals surface area contributed by atoms with Gasteiger partial charge in [0.25, 0.3) is 0 Å². The van der Waals surface area contributed by atoms with Gasteiger partial charge in [-0.2, -0.15) is 0 Å². The summed E-state index contributed by atoms with van der Waals surface area (Å²) in [5.41, 5.74) is 0. The zero-order chi connectivity index (χ0) is 9.52. The lowest BCUT2D eigenvalue weighted by atomic mass is 10.2. The lowest BCUT2D eigenvalue weighted by Crippen LogP contribution is -2.36. The van der Waals surface area contributed by atoms with Crippen molar-refractivity contribution in [1.82, 2.24) is 10.0 Å². The second-order valence-electron chi connectivity index (χ2n) is 3.52. The molecule has 0 atom stereocenters. The molecule has 0 amide bonds. The standard InChI is InChI=1S/C11H21N2/c1-3-5-6-9-13-11-7-10-12(13)8-4-2/h7,10H,1,3-6,8-9,11H2,2H3. The zero-order valence-corrected chi connectivity index (χ0v) is 8.71. The molecule has 0 saturated heterocycles. The summed E-state index contributed by atoms with van der Waals surface area (Å²) >= 11 is 0. The Morgan fingerprint density at radius 1 is 1.31 bits per heavy atom. The van der Waals surface area contributed by atoms with Crippen LogP contribution in [0.25, 0.3) is 0 Å². The highest BCUT2D eigenvalue weighted by molar-refractivity contribution is 4.91. The van der Waals surface area contributed by atoms with E-state index < -0.39 is 0 Å². The van der Waals surface area contributed by atoms with Crippen LogP contribution in [0.4, 0.5) is 0 Å². The molecule has 0 spiro atoms. The molecule has 0 aliphatic carbocycles. The minimum absolute atomic E-state index is 1.06. The Kier molecular flexibility index (Phi) is 4.91. The normalized spacial score (nSPS) is 17.2. The van der Waals surface area contributed by atoms with Gasteiger partial charge in [-0.05, 0) is 12.8 Å². The SMILES string of the molecule is [CH2]CCCCN1CC=CN1CCC. The molecule has 1 radical (unpaired) electrons. The van der Waals surface area contributed by atoms with E-state index in [4.69, 9.17) is 0 Å². The fraction of sp³-hybridized carbons (Fsp3) is 0.727. The molecule has 0 aromatic heterocycles. The van der Waals surface area contributed by atoms with Crippen LogP contribution in [0.2, 0.25) is 0 Å². The van der Waals surface area contributed by atoms with Gasteiger partial charge >= 0.3 is 0 Å². The summed E-state index contributed by atoms with van der Waals surface area (Å²) in [6.45, 7) is 9.51. The highest BCUT2D eigenvalue weighted by Crippen LogP contribution is 2.09. The number of hydrazine groups is 1. The smallest absolute Gasteiger partial charge is 0.0379 e. The minimum atomic E-state index is 1.06. The molecule has 0 bridgehead atoms. The lowest BCUT2D eigenvalue weighted by molar-refractivity contribution is 0.0504. The average Bonchev–Trinajstić information content (AvgIpc) is 2.54. The largest absolute Gasteiger partial charge is 0.313 e. The number of hydrogen-bond acceptors (Lipinski definition) is 2. The van der Waals surface area contributed by atoms with Gasteiger partial charge in [-0.25, -0.2) is 5.01 Å². The molecule has 75 valence electrons. The molecular weight excluding hydrogens is 160 g/mol. The van der Waals surface area contributed by atoms with E-state index in [2.05, 4.69) is 36.1 Å². The predicted octanol–water partition coefficient (Wildman–Crippen LogP) is 2.45. The third kappa shape index (κ3) is 3.39. The van der Waals surface area contributed by atoms with Crippen LogP contribution in [-0.2, 0) is 0 Å². The van der Waals surface area contributed by atoms with Crippen LogP contribution in [0.1, 0.15) is 32.6 Å². The summed E-state index contributed by atoms with van der Waals surface area (Å²) in [6, 6.07) is 0. The lowest BCUT2D eigenvalue weighted by Gasteiger charge is -2.28. The van der Waals surface area contributed by atoms with Crippen molar-refractivity contribution in [2.24, 2.45) is 0 Å². The molecule has 1 heterocycles. The van der Waals surface area contributed by atoms with E-state index in [0.29, 0.717) is 0 Å². The molecule has 1 aliphatic rings. The molecule has 1 rings (SSSR count). The predicted molar refractivity (Wildman–Crippen MR) is 56.9 cm³/mol. The molecule has 1 aliphatic heterocycles. The molecule has 0 N–H and O–H groups in total. The summed E-state index contributed by atoms with van der Waals surface area (Å²) in [4.78, 5) is 0. The Labute approximate surface area is 82.2 Å². The molecule has 0 unspecified atom stereocenters. The van der Waals surface area contributed by atoms with Crippen molar-refractivity contribution in [1.29, 1.82) is 0 Å². The van der Waals surface area contributed by atoms with Gasteiger partial charge in [-0.1, -0.05) is 32.8 Å². The highest BCUT2D eigenvalue weighted by atomic mass is 15.6. The first-order chi connectivity index (χ1) is 6.38. The van der Waals surface area contributed by atoms with Gasteiger partial charge in [0.1, 0.15) is 0 Å². The maximum absolute atomic E-state index is 3.86. The van der Waals surface area contributed by atoms with Crippen LogP contribution >= 0.6 is 0 Å². The topological polar surface area (TPSA) is 6.48 Å². The summed E-state index contributed by atoms with van der Waals surface area (Å²) in [6.07, 6.45) is 9.24. The molecule has 0 aromatic rings. The zero-order valence-electron chi connectivity index (χ0n) is 8.71. The van der Waals surface area contributed by atoms with Gasteiger partial charge in [-0.15, -0.1) is 0 Å². The third-order valence-electron chi connectivity index (χ3n) is 2.33. The van der Waals surface area contributed by atoms with Gasteiger partial charge in [0.15, 0.2) is 0 Å². The average molecular weight is 181 g/mol. The van der Waals surface area contributed by atoms with Crippen LogP contribution in [0.5, 0.6) is 0 Å². The Balaban J connectivity index is 2.17. The van der Waals surface area contributed by atoms with Crippen molar-refractivity contribution < 1.29 is 0 Å². The van der Waals surface area contributed by atoms with E-state index >= 15 is 0 Å². The number of hydrogen-bond donors (Lipinski definition) is 0. The Bertz CT molecular complexity index is 154. The van der Waals surface area contributed by atoms with Crippen molar-refractivity contribution in [2.45, 2.75) is 32.6 Å². The first kappa shape index (κ1) is 10.6. The van der Waals surface area contributed by atoms with Crippen molar-refractivity contribution in [3.8, 4) is 0 Å². The van der Waals surface area contributed by atoms with Crippen LogP contribution in [0, 0.1) is 6.92 Å². The first-order valence-electron chi connectivity index (χ1n) is 5.36. The fourth-order valence-corrected chi connectivity index (χ4v) is 1.63. The Morgan fingerprint density at radius 2 is 2.15 bits per heavy atom. The van der Waals surface area contributed by atoms with Crippen molar-refractivity contribution in [3.05, 3.63) is 19.2 Å². The molecule has 2 heteroatoms. The summed E-state index contributed by atoms with van der Waals surface area (Å²) in [5.74, 6) is 0. The van der Waals surface area contributed by atoms with E-state index in [9.17, 15) is 0 Å². The van der Waals surface area contributed by atoms with E-state index in [0.717, 1.165) is 19.5 Å². The molecule has 0 fully saturated rings. The van der Waals surface area contributed by atoms with Crippen LogP contribution < -0.4 is 0 Å². The van der Waals surface area contributed by atoms with E-state index in [-0.39, 0.29) is 0 Å². The van der Waals surface area contributed by atoms with Crippen LogP contribution in [0.15, 0.2) is 12.3 Å². The number of unbranched alkanes of at least 4 members (excludes halogenated alkanes) is 2. The molecule has 0 aromatic carbocycles. The minimum Gasteiger partial charge on any atom is -0.313 e. The van der Waals surface area contributed by atoms with E-state index in [1.807, 2.05) is 0 Å². The first-order valence-corrected chi connectivity index (χ1v) is 5.36. The van der Waals surface area contributed by atoms with Gasteiger partial charge < -0.3 is 5.01 Å². The van der Waals surface area contributed by atoms with Crippen LogP contribution in [0.3, 0.4) is 0 Å². The highest BCUT2D eigenvalue weighted by Gasteiger charge is 2.13. The van der Waals surface area contributed by atoms with Crippen molar-refractivity contribution >= 4 is 0 Å². The number of rotatable bonds is 6. The third-order valence-corrected chi connectivity index (χ3v) is 2.33. The number of nitrogens with zero attached hydrogens (tertiary/aromatic N) is 2. The summed E-state index contributed by atoms with van der Waals surface area (Å²) < 4.78 is 0. The van der Waals surface area contributed by atoms with Gasteiger partial charge in [0.2, 0.25) is 0 Å². The molecule has 2 nitrogen and oxygen atoms in total. The fourth-order valence-electron chi connectivity index (χ4n) is 1.63. The van der Waals surface area contributed by atoms with Gasteiger partial charge in [0.05, 0.1) is 0 Å². The maximum atomic E-state index is 3.86. The monoisotopic (exact) mass is 181 g/mol.